The maximum atomic E-state index is 12.7. The summed E-state index contributed by atoms with van der Waals surface area (Å²) in [7, 11) is -3.94. The molecule has 2 N–H and O–H groups in total. The van der Waals surface area contributed by atoms with E-state index in [9.17, 15) is 13.2 Å². The van der Waals surface area contributed by atoms with Gasteiger partial charge in [0.05, 0.1) is 11.3 Å². The molecule has 3 aromatic rings. The molecular weight excluding hydrogens is 430 g/mol. The first-order valence-electron chi connectivity index (χ1n) is 8.82. The van der Waals surface area contributed by atoms with Gasteiger partial charge in [-0.15, -0.1) is 0 Å². The number of aromatic nitrogens is 1. The number of halogens is 1. The third-order valence-electron chi connectivity index (χ3n) is 4.32. The second kappa shape index (κ2) is 8.21. The van der Waals surface area contributed by atoms with Gasteiger partial charge in [-0.25, -0.2) is 13.4 Å². The third kappa shape index (κ3) is 4.32. The molecule has 10 heteroatoms. The number of amides is 1. The predicted octanol–water partition coefficient (Wildman–Crippen LogP) is 3.19. The number of nitrogens with one attached hydrogen (secondary N) is 2. The Morgan fingerprint density at radius 3 is 2.67 bits per heavy atom. The topological polar surface area (TPSA) is 107 Å². The Morgan fingerprint density at radius 2 is 1.87 bits per heavy atom. The quantitative estimate of drug-likeness (QED) is 0.564. The van der Waals surface area contributed by atoms with Crippen molar-refractivity contribution in [1.82, 2.24) is 10.3 Å². The number of nitrogens with zero attached hydrogens (tertiary/aromatic N) is 1. The van der Waals surface area contributed by atoms with Gasteiger partial charge in [0, 0.05) is 12.7 Å². The Labute approximate surface area is 177 Å². The molecule has 0 unspecified atom stereocenters. The molecule has 1 aliphatic rings. The summed E-state index contributed by atoms with van der Waals surface area (Å²) < 4.78 is 38.3. The highest BCUT2D eigenvalue weighted by Crippen LogP contribution is 2.32. The second-order valence-corrected chi connectivity index (χ2v) is 8.41. The van der Waals surface area contributed by atoms with Crippen molar-refractivity contribution in [3.05, 3.63) is 77.1 Å². The number of hydrogen-bond donors (Lipinski definition) is 2. The zero-order valence-corrected chi connectivity index (χ0v) is 17.0. The number of carbonyl (C=O) groups is 1. The van der Waals surface area contributed by atoms with Crippen LogP contribution in [0.3, 0.4) is 0 Å². The van der Waals surface area contributed by atoms with Crippen LogP contribution in [0.15, 0.2) is 65.7 Å². The van der Waals surface area contributed by atoms with Gasteiger partial charge in [0.2, 0.25) is 6.79 Å². The summed E-state index contributed by atoms with van der Waals surface area (Å²) in [5.41, 5.74) is 1.15. The minimum atomic E-state index is -3.94. The Morgan fingerprint density at radius 1 is 1.07 bits per heavy atom. The van der Waals surface area contributed by atoms with Crippen molar-refractivity contribution >= 4 is 33.2 Å². The third-order valence-corrected chi connectivity index (χ3v) is 5.89. The summed E-state index contributed by atoms with van der Waals surface area (Å²) in [6.07, 6.45) is 1.15. The lowest BCUT2D eigenvalue weighted by molar-refractivity contribution is 0.0951. The highest BCUT2D eigenvalue weighted by molar-refractivity contribution is 7.92. The summed E-state index contributed by atoms with van der Waals surface area (Å²) in [5.74, 6) is 0.841. The first-order chi connectivity index (χ1) is 14.4. The molecule has 0 atom stereocenters. The maximum Gasteiger partial charge on any atom is 0.263 e. The Hall–Kier alpha value is -3.30. The van der Waals surface area contributed by atoms with E-state index in [1.165, 1.54) is 24.3 Å². The van der Waals surface area contributed by atoms with Gasteiger partial charge in [-0.05, 0) is 42.0 Å². The number of sulfonamides is 1. The number of anilines is 1. The Bertz CT molecular complexity index is 1200. The number of para-hydroxylation sites is 1. The Balaban J connectivity index is 1.49. The van der Waals surface area contributed by atoms with Crippen LogP contribution in [0.4, 0.5) is 5.69 Å². The zero-order valence-electron chi connectivity index (χ0n) is 15.5. The largest absolute Gasteiger partial charge is 0.454 e. The van der Waals surface area contributed by atoms with E-state index < -0.39 is 15.9 Å². The molecule has 4 rings (SSSR count). The van der Waals surface area contributed by atoms with Crippen molar-refractivity contribution in [3.8, 4) is 11.5 Å². The van der Waals surface area contributed by atoms with Crippen LogP contribution in [0.25, 0.3) is 0 Å². The molecule has 0 bridgehead atoms. The van der Waals surface area contributed by atoms with Crippen LogP contribution in [0, 0.1) is 0 Å². The normalized spacial score (nSPS) is 12.4. The summed E-state index contributed by atoms with van der Waals surface area (Å²) in [6.45, 7) is 0.402. The monoisotopic (exact) mass is 445 g/mol. The molecule has 1 aliphatic heterocycles. The van der Waals surface area contributed by atoms with Crippen molar-refractivity contribution in [2.75, 3.05) is 11.5 Å². The fraction of sp³-hybridized carbons (Fsp3) is 0.100. The number of benzene rings is 2. The lowest BCUT2D eigenvalue weighted by Gasteiger charge is -2.13. The molecule has 8 nitrogen and oxygen atoms in total. The van der Waals surface area contributed by atoms with E-state index in [4.69, 9.17) is 21.1 Å². The average molecular weight is 446 g/mol. The van der Waals surface area contributed by atoms with Crippen LogP contribution in [0.1, 0.15) is 15.9 Å². The van der Waals surface area contributed by atoms with Gasteiger partial charge in [0.25, 0.3) is 15.9 Å². The fourth-order valence-electron chi connectivity index (χ4n) is 2.82. The van der Waals surface area contributed by atoms with E-state index in [0.29, 0.717) is 11.5 Å². The Kier molecular flexibility index (Phi) is 5.47. The summed E-state index contributed by atoms with van der Waals surface area (Å²) in [6, 6.07) is 14.4. The molecule has 154 valence electrons. The van der Waals surface area contributed by atoms with Crippen LogP contribution < -0.4 is 19.5 Å². The van der Waals surface area contributed by atoms with E-state index in [0.717, 1.165) is 11.8 Å². The molecule has 1 aromatic heterocycles. The highest BCUT2D eigenvalue weighted by Gasteiger charge is 2.19. The number of fused-ring (bicyclic) bond motifs is 1. The number of hydrogen-bond acceptors (Lipinski definition) is 6. The minimum Gasteiger partial charge on any atom is -0.454 e. The van der Waals surface area contributed by atoms with Crippen molar-refractivity contribution in [3.63, 3.8) is 0 Å². The van der Waals surface area contributed by atoms with Crippen LogP contribution in [-0.4, -0.2) is 26.1 Å². The van der Waals surface area contributed by atoms with Crippen LogP contribution >= 0.6 is 11.6 Å². The van der Waals surface area contributed by atoms with Gasteiger partial charge in [-0.1, -0.05) is 29.8 Å². The number of rotatable bonds is 6. The summed E-state index contributed by atoms with van der Waals surface area (Å²) in [4.78, 5) is 16.4. The SMILES string of the molecule is O=C(NCc1ccc2c(c1)OCO2)c1ccccc1NS(=O)(=O)c1ccc(Cl)nc1. The second-order valence-electron chi connectivity index (χ2n) is 6.34. The van der Waals surface area contributed by atoms with E-state index in [-0.39, 0.29) is 34.6 Å². The molecule has 0 saturated carbocycles. The van der Waals surface area contributed by atoms with Gasteiger partial charge in [0.15, 0.2) is 11.5 Å². The van der Waals surface area contributed by atoms with Crippen molar-refractivity contribution in [2.24, 2.45) is 0 Å². The molecular formula is C20H16ClN3O5S. The van der Waals surface area contributed by atoms with Gasteiger partial charge >= 0.3 is 0 Å². The smallest absolute Gasteiger partial charge is 0.263 e. The standard InChI is InChI=1S/C20H16ClN3O5S/c21-19-8-6-14(11-22-19)30(26,27)24-16-4-2-1-3-15(16)20(25)23-10-13-5-7-17-18(9-13)29-12-28-17/h1-9,11,24H,10,12H2,(H,23,25). The van der Waals surface area contributed by atoms with Gasteiger partial charge in [0.1, 0.15) is 10.0 Å². The van der Waals surface area contributed by atoms with E-state index in [1.54, 1.807) is 24.3 Å². The van der Waals surface area contributed by atoms with E-state index in [1.807, 2.05) is 6.07 Å². The molecule has 0 aliphatic carbocycles. The lowest BCUT2D eigenvalue weighted by atomic mass is 10.1. The number of carbonyl (C=O) groups excluding carboxylic acids is 1. The molecule has 0 saturated heterocycles. The van der Waals surface area contributed by atoms with Gasteiger partial charge in [-0.2, -0.15) is 0 Å². The van der Waals surface area contributed by atoms with Crippen LogP contribution in [0.5, 0.6) is 11.5 Å². The summed E-state index contributed by atoms with van der Waals surface area (Å²) >= 11 is 5.71. The van der Waals surface area contributed by atoms with Crippen LogP contribution in [-0.2, 0) is 16.6 Å². The number of pyridine rings is 1. The van der Waals surface area contributed by atoms with E-state index in [2.05, 4.69) is 15.0 Å². The van der Waals surface area contributed by atoms with Gasteiger partial charge < -0.3 is 14.8 Å². The predicted molar refractivity (Wildman–Crippen MR) is 110 cm³/mol. The molecule has 0 radical (unpaired) electrons. The van der Waals surface area contributed by atoms with Crippen molar-refractivity contribution < 1.29 is 22.7 Å². The fourth-order valence-corrected chi connectivity index (χ4v) is 3.96. The molecule has 2 aromatic carbocycles. The molecule has 2 heterocycles. The molecule has 30 heavy (non-hydrogen) atoms. The highest BCUT2D eigenvalue weighted by atomic mass is 35.5. The lowest BCUT2D eigenvalue weighted by Crippen LogP contribution is -2.25. The first-order valence-corrected chi connectivity index (χ1v) is 10.7. The van der Waals surface area contributed by atoms with Crippen LogP contribution in [0.2, 0.25) is 5.15 Å². The molecule has 0 spiro atoms. The maximum absolute atomic E-state index is 12.7. The van der Waals surface area contributed by atoms with Gasteiger partial charge in [-0.3, -0.25) is 9.52 Å². The molecule has 0 fully saturated rings. The zero-order chi connectivity index (χ0) is 21.1. The van der Waals surface area contributed by atoms with E-state index >= 15 is 0 Å². The first kappa shape index (κ1) is 20.0. The average Bonchev–Trinajstić information content (AvgIpc) is 3.20. The minimum absolute atomic E-state index is 0.0672. The van der Waals surface area contributed by atoms with Crippen molar-refractivity contribution in [1.29, 1.82) is 0 Å². The summed E-state index contributed by atoms with van der Waals surface area (Å²) in [5, 5.41) is 2.96. The van der Waals surface area contributed by atoms with Crippen molar-refractivity contribution in [2.45, 2.75) is 11.4 Å². The molecule has 1 amide bonds. The number of ether oxygens (including phenoxy) is 2.